The summed E-state index contributed by atoms with van der Waals surface area (Å²) in [6.45, 7) is 3.83. The summed E-state index contributed by atoms with van der Waals surface area (Å²) in [6, 6.07) is 10.2. The predicted molar refractivity (Wildman–Crippen MR) is 125 cm³/mol. The van der Waals surface area contributed by atoms with E-state index in [4.69, 9.17) is 9.97 Å². The molecule has 0 radical (unpaired) electrons. The molecule has 1 amide bonds. The van der Waals surface area contributed by atoms with E-state index in [1.54, 1.807) is 17.0 Å². The summed E-state index contributed by atoms with van der Waals surface area (Å²) in [5.74, 6) is 0.718. The number of benzene rings is 1. The number of thiazole rings is 1. The number of carbonyl (C=O) groups is 1. The Labute approximate surface area is 189 Å². The average molecular weight is 451 g/mol. The van der Waals surface area contributed by atoms with Gasteiger partial charge >= 0.3 is 0 Å². The van der Waals surface area contributed by atoms with Gasteiger partial charge in [-0.25, -0.2) is 14.4 Å². The Morgan fingerprint density at radius 2 is 2.00 bits per heavy atom. The number of nitrogens with zero attached hydrogens (tertiary/aromatic N) is 5. The molecule has 32 heavy (non-hydrogen) atoms. The number of rotatable bonds is 5. The molecular weight excluding hydrogens is 427 g/mol. The molecule has 5 rings (SSSR count). The van der Waals surface area contributed by atoms with Gasteiger partial charge in [-0.05, 0) is 42.8 Å². The monoisotopic (exact) mass is 450 g/mol. The van der Waals surface area contributed by atoms with Gasteiger partial charge in [0.15, 0.2) is 5.13 Å². The van der Waals surface area contributed by atoms with E-state index in [2.05, 4.69) is 12.2 Å². The quantitative estimate of drug-likeness (QED) is 0.500. The van der Waals surface area contributed by atoms with Crippen LogP contribution in [0, 0.1) is 5.82 Å². The summed E-state index contributed by atoms with van der Waals surface area (Å²) < 4.78 is 15.3. The summed E-state index contributed by atoms with van der Waals surface area (Å²) in [6.07, 6.45) is 2.74. The summed E-state index contributed by atoms with van der Waals surface area (Å²) in [5, 5.41) is 5.89. The van der Waals surface area contributed by atoms with Crippen molar-refractivity contribution in [1.82, 2.24) is 19.7 Å². The Morgan fingerprint density at radius 3 is 2.75 bits per heavy atom. The third-order valence-electron chi connectivity index (χ3n) is 5.62. The van der Waals surface area contributed by atoms with Crippen molar-refractivity contribution in [3.63, 3.8) is 0 Å². The van der Waals surface area contributed by atoms with Crippen molar-refractivity contribution in [3.8, 4) is 11.3 Å². The number of hydrogen-bond acceptors (Lipinski definition) is 6. The molecule has 0 atom stereocenters. The van der Waals surface area contributed by atoms with E-state index in [0.717, 1.165) is 52.2 Å². The summed E-state index contributed by atoms with van der Waals surface area (Å²) >= 11 is 1.52. The Balaban J connectivity index is 1.54. The number of aromatic nitrogens is 3. The number of pyridine rings is 1. The summed E-state index contributed by atoms with van der Waals surface area (Å²) in [4.78, 5) is 25.8. The van der Waals surface area contributed by atoms with Gasteiger partial charge in [-0.3, -0.25) is 9.20 Å². The number of nitrogens with one attached hydrogen (secondary N) is 1. The minimum absolute atomic E-state index is 0.0604. The third-order valence-corrected chi connectivity index (χ3v) is 6.54. The minimum Gasteiger partial charge on any atom is -0.309 e. The SMILES string of the molecule is CCc1nc2ccc(N3CCNCC3=O)cn2c1N(C)c1nc(-c2ccc(F)cc2)cs1. The highest BCUT2D eigenvalue weighted by Gasteiger charge is 2.23. The lowest BCUT2D eigenvalue weighted by molar-refractivity contribution is -0.118. The predicted octanol–water partition coefficient (Wildman–Crippen LogP) is 3.86. The fourth-order valence-corrected chi connectivity index (χ4v) is 4.76. The lowest BCUT2D eigenvalue weighted by atomic mass is 10.2. The molecule has 0 spiro atoms. The van der Waals surface area contributed by atoms with Crippen LogP contribution in [0.3, 0.4) is 0 Å². The van der Waals surface area contributed by atoms with Crippen LogP contribution in [0.5, 0.6) is 0 Å². The molecule has 9 heteroatoms. The molecule has 0 unspecified atom stereocenters. The van der Waals surface area contributed by atoms with Gasteiger partial charge in [0, 0.05) is 37.3 Å². The molecule has 1 aliphatic heterocycles. The van der Waals surface area contributed by atoms with Crippen molar-refractivity contribution in [1.29, 1.82) is 0 Å². The lowest BCUT2D eigenvalue weighted by Crippen LogP contribution is -2.48. The second-order valence-electron chi connectivity index (χ2n) is 7.65. The topological polar surface area (TPSA) is 65.8 Å². The number of anilines is 3. The molecule has 1 fully saturated rings. The number of piperazine rings is 1. The molecule has 0 saturated carbocycles. The molecule has 1 aliphatic rings. The number of hydrogen-bond donors (Lipinski definition) is 1. The van der Waals surface area contributed by atoms with E-state index in [1.165, 1.54) is 23.5 Å². The molecule has 1 saturated heterocycles. The van der Waals surface area contributed by atoms with Gasteiger partial charge < -0.3 is 15.1 Å². The van der Waals surface area contributed by atoms with E-state index in [1.807, 2.05) is 40.1 Å². The number of imidazole rings is 1. The van der Waals surface area contributed by atoms with E-state index < -0.39 is 0 Å². The number of aryl methyl sites for hydroxylation is 1. The van der Waals surface area contributed by atoms with Crippen LogP contribution in [-0.4, -0.2) is 47.0 Å². The van der Waals surface area contributed by atoms with E-state index >= 15 is 0 Å². The van der Waals surface area contributed by atoms with Gasteiger partial charge in [0.25, 0.3) is 0 Å². The van der Waals surface area contributed by atoms with Crippen LogP contribution in [0.4, 0.5) is 21.0 Å². The normalized spacial score (nSPS) is 14.3. The Morgan fingerprint density at radius 1 is 1.19 bits per heavy atom. The summed E-state index contributed by atoms with van der Waals surface area (Å²) in [7, 11) is 1.97. The Hall–Kier alpha value is -3.30. The fourth-order valence-electron chi connectivity index (χ4n) is 3.96. The van der Waals surface area contributed by atoms with Gasteiger partial charge in [0.1, 0.15) is 17.3 Å². The summed E-state index contributed by atoms with van der Waals surface area (Å²) in [5.41, 5.74) is 4.30. The molecule has 4 heterocycles. The first-order valence-electron chi connectivity index (χ1n) is 10.5. The molecule has 1 aromatic carbocycles. The smallest absolute Gasteiger partial charge is 0.241 e. The van der Waals surface area contributed by atoms with Crippen molar-refractivity contribution < 1.29 is 9.18 Å². The number of fused-ring (bicyclic) bond motifs is 1. The van der Waals surface area contributed by atoms with Crippen molar-refractivity contribution >= 4 is 39.5 Å². The van der Waals surface area contributed by atoms with Crippen molar-refractivity contribution in [3.05, 3.63) is 59.5 Å². The molecule has 0 aliphatic carbocycles. The number of carbonyl (C=O) groups excluding carboxylic acids is 1. The largest absolute Gasteiger partial charge is 0.309 e. The maximum Gasteiger partial charge on any atom is 0.241 e. The van der Waals surface area contributed by atoms with E-state index in [-0.39, 0.29) is 11.7 Å². The van der Waals surface area contributed by atoms with Crippen LogP contribution in [0.15, 0.2) is 48.0 Å². The van der Waals surface area contributed by atoms with Gasteiger partial charge in [-0.15, -0.1) is 11.3 Å². The number of amides is 1. The highest BCUT2D eigenvalue weighted by Crippen LogP contribution is 2.34. The van der Waals surface area contributed by atoms with Crippen LogP contribution >= 0.6 is 11.3 Å². The second kappa shape index (κ2) is 8.33. The standard InChI is InChI=1S/C23H23FN6OS/c1-3-18-22(28(2)23-27-19(14-32-23)15-4-6-16(24)7-5-15)30-13-17(8-9-20(30)26-18)29-11-10-25-12-21(29)31/h4-9,13-14,25H,3,10-12H2,1-2H3. The Kier molecular flexibility index (Phi) is 5.36. The molecule has 3 aromatic heterocycles. The molecule has 1 N–H and O–H groups in total. The van der Waals surface area contributed by atoms with Crippen LogP contribution in [0.25, 0.3) is 16.9 Å². The van der Waals surface area contributed by atoms with Crippen LogP contribution in [-0.2, 0) is 11.2 Å². The third kappa shape index (κ3) is 3.63. The van der Waals surface area contributed by atoms with Crippen molar-refractivity contribution in [2.24, 2.45) is 0 Å². The van der Waals surface area contributed by atoms with Crippen LogP contribution in [0.2, 0.25) is 0 Å². The van der Waals surface area contributed by atoms with Gasteiger partial charge in [-0.1, -0.05) is 6.92 Å². The Bertz CT molecular complexity index is 1280. The molecule has 4 aromatic rings. The van der Waals surface area contributed by atoms with Crippen LogP contribution in [0.1, 0.15) is 12.6 Å². The van der Waals surface area contributed by atoms with Crippen LogP contribution < -0.4 is 15.1 Å². The highest BCUT2D eigenvalue weighted by atomic mass is 32.1. The van der Waals surface area contributed by atoms with Crippen molar-refractivity contribution in [2.45, 2.75) is 13.3 Å². The molecule has 164 valence electrons. The van der Waals surface area contributed by atoms with E-state index in [9.17, 15) is 9.18 Å². The van der Waals surface area contributed by atoms with Gasteiger partial charge in [-0.2, -0.15) is 0 Å². The second-order valence-corrected chi connectivity index (χ2v) is 8.49. The maximum atomic E-state index is 13.3. The number of halogens is 1. The average Bonchev–Trinajstić information content (AvgIpc) is 3.44. The molecule has 0 bridgehead atoms. The zero-order valence-corrected chi connectivity index (χ0v) is 18.7. The first kappa shape index (κ1) is 20.6. The van der Waals surface area contributed by atoms with Gasteiger partial charge in [0.05, 0.1) is 23.6 Å². The maximum absolute atomic E-state index is 13.3. The minimum atomic E-state index is -0.265. The first-order chi connectivity index (χ1) is 15.5. The van der Waals surface area contributed by atoms with Gasteiger partial charge in [0.2, 0.25) is 5.91 Å². The zero-order valence-electron chi connectivity index (χ0n) is 17.9. The zero-order chi connectivity index (χ0) is 22.2. The molecular formula is C23H23FN6OS. The lowest BCUT2D eigenvalue weighted by Gasteiger charge is -2.27. The fraction of sp³-hybridized carbons (Fsp3) is 0.261. The highest BCUT2D eigenvalue weighted by molar-refractivity contribution is 7.14. The van der Waals surface area contributed by atoms with Crippen molar-refractivity contribution in [2.75, 3.05) is 36.5 Å². The molecule has 7 nitrogen and oxygen atoms in total. The first-order valence-corrected chi connectivity index (χ1v) is 11.4. The van der Waals surface area contributed by atoms with E-state index in [0.29, 0.717) is 13.1 Å².